The highest BCUT2D eigenvalue weighted by Crippen LogP contribution is 2.26. The standard InChI is InChI=1S/C14H21Cl/c1-3-5-13(6-4-2)14-9-7-12(11-15)8-10-14/h7-10,13H,3-6,11H2,1-2H3. The molecule has 1 aromatic carbocycles. The summed E-state index contributed by atoms with van der Waals surface area (Å²) >= 11 is 5.78. The van der Waals surface area contributed by atoms with Crippen molar-refractivity contribution >= 4 is 11.6 Å². The predicted octanol–water partition coefficient (Wildman–Crippen LogP) is 5.11. The third-order valence-corrected chi connectivity index (χ3v) is 3.19. The third-order valence-electron chi connectivity index (χ3n) is 2.88. The van der Waals surface area contributed by atoms with Gasteiger partial charge in [0.1, 0.15) is 0 Å². The highest BCUT2D eigenvalue weighted by Gasteiger charge is 2.08. The molecule has 0 bridgehead atoms. The maximum atomic E-state index is 5.78. The quantitative estimate of drug-likeness (QED) is 0.589. The molecule has 0 aliphatic heterocycles. The van der Waals surface area contributed by atoms with E-state index in [1.54, 1.807) is 0 Å². The summed E-state index contributed by atoms with van der Waals surface area (Å²) in [5.74, 6) is 1.36. The molecule has 0 aromatic heterocycles. The van der Waals surface area contributed by atoms with Gasteiger partial charge in [0.15, 0.2) is 0 Å². The molecule has 0 saturated heterocycles. The van der Waals surface area contributed by atoms with Gasteiger partial charge in [0.25, 0.3) is 0 Å². The van der Waals surface area contributed by atoms with Crippen LogP contribution in [0.3, 0.4) is 0 Å². The fraction of sp³-hybridized carbons (Fsp3) is 0.571. The van der Waals surface area contributed by atoms with Crippen LogP contribution in [0.25, 0.3) is 0 Å². The van der Waals surface area contributed by atoms with Gasteiger partial charge in [-0.15, -0.1) is 11.6 Å². The Balaban J connectivity index is 2.72. The van der Waals surface area contributed by atoms with Crippen molar-refractivity contribution in [2.75, 3.05) is 0 Å². The van der Waals surface area contributed by atoms with E-state index in [9.17, 15) is 0 Å². The van der Waals surface area contributed by atoms with E-state index in [1.165, 1.54) is 36.8 Å². The Bertz CT molecular complexity index is 257. The van der Waals surface area contributed by atoms with Crippen LogP contribution < -0.4 is 0 Å². The fourth-order valence-electron chi connectivity index (χ4n) is 2.05. The Morgan fingerprint density at radius 3 is 1.93 bits per heavy atom. The van der Waals surface area contributed by atoms with Crippen LogP contribution in [0.4, 0.5) is 0 Å². The van der Waals surface area contributed by atoms with Gasteiger partial charge in [-0.25, -0.2) is 0 Å². The van der Waals surface area contributed by atoms with Gasteiger partial charge in [-0.2, -0.15) is 0 Å². The smallest absolute Gasteiger partial charge is 0.0474 e. The average Bonchev–Trinajstić information content (AvgIpc) is 2.29. The summed E-state index contributed by atoms with van der Waals surface area (Å²) in [7, 11) is 0. The summed E-state index contributed by atoms with van der Waals surface area (Å²) in [6.45, 7) is 4.52. The van der Waals surface area contributed by atoms with E-state index in [2.05, 4.69) is 38.1 Å². The Morgan fingerprint density at radius 2 is 1.53 bits per heavy atom. The lowest BCUT2D eigenvalue weighted by atomic mass is 9.90. The minimum Gasteiger partial charge on any atom is -0.122 e. The second kappa shape index (κ2) is 6.90. The Labute approximate surface area is 98.7 Å². The number of rotatable bonds is 6. The zero-order valence-corrected chi connectivity index (χ0v) is 10.6. The molecule has 84 valence electrons. The highest BCUT2D eigenvalue weighted by atomic mass is 35.5. The Hall–Kier alpha value is -0.490. The van der Waals surface area contributed by atoms with Crippen molar-refractivity contribution in [3.8, 4) is 0 Å². The van der Waals surface area contributed by atoms with Crippen molar-refractivity contribution in [2.24, 2.45) is 0 Å². The zero-order chi connectivity index (χ0) is 11.1. The monoisotopic (exact) mass is 224 g/mol. The van der Waals surface area contributed by atoms with E-state index in [0.717, 1.165) is 5.92 Å². The number of hydrogen-bond donors (Lipinski definition) is 0. The summed E-state index contributed by atoms with van der Waals surface area (Å²) in [6, 6.07) is 8.79. The maximum absolute atomic E-state index is 5.78. The summed E-state index contributed by atoms with van der Waals surface area (Å²) in [6.07, 6.45) is 5.13. The molecule has 0 aliphatic carbocycles. The number of halogens is 1. The van der Waals surface area contributed by atoms with E-state index in [1.807, 2.05) is 0 Å². The molecule has 0 atom stereocenters. The van der Waals surface area contributed by atoms with Crippen LogP contribution in [-0.2, 0) is 5.88 Å². The van der Waals surface area contributed by atoms with Crippen LogP contribution in [0.1, 0.15) is 56.6 Å². The number of hydrogen-bond acceptors (Lipinski definition) is 0. The van der Waals surface area contributed by atoms with Gasteiger partial charge in [0, 0.05) is 5.88 Å². The normalized spacial score (nSPS) is 10.9. The molecule has 0 saturated carbocycles. The topological polar surface area (TPSA) is 0 Å². The molecular formula is C14H21Cl. The first-order valence-corrected chi connectivity index (χ1v) is 6.50. The molecule has 0 aliphatic rings. The van der Waals surface area contributed by atoms with Crippen LogP contribution in [-0.4, -0.2) is 0 Å². The number of alkyl halides is 1. The average molecular weight is 225 g/mol. The van der Waals surface area contributed by atoms with Crippen LogP contribution in [0.2, 0.25) is 0 Å². The van der Waals surface area contributed by atoms with Crippen LogP contribution in [0.5, 0.6) is 0 Å². The van der Waals surface area contributed by atoms with E-state index in [-0.39, 0.29) is 0 Å². The SMILES string of the molecule is CCCC(CCC)c1ccc(CCl)cc1. The van der Waals surface area contributed by atoms with Crippen LogP contribution in [0.15, 0.2) is 24.3 Å². The molecular weight excluding hydrogens is 204 g/mol. The van der Waals surface area contributed by atoms with Gasteiger partial charge < -0.3 is 0 Å². The van der Waals surface area contributed by atoms with E-state index >= 15 is 0 Å². The first kappa shape index (κ1) is 12.6. The predicted molar refractivity (Wildman–Crippen MR) is 68.6 cm³/mol. The van der Waals surface area contributed by atoms with Gasteiger partial charge in [0.05, 0.1) is 0 Å². The van der Waals surface area contributed by atoms with Gasteiger partial charge >= 0.3 is 0 Å². The van der Waals surface area contributed by atoms with Crippen molar-refractivity contribution in [2.45, 2.75) is 51.3 Å². The largest absolute Gasteiger partial charge is 0.122 e. The molecule has 0 fully saturated rings. The minimum absolute atomic E-state index is 0.618. The molecule has 0 radical (unpaired) electrons. The molecule has 1 aromatic rings. The van der Waals surface area contributed by atoms with Crippen molar-refractivity contribution in [3.05, 3.63) is 35.4 Å². The Kier molecular flexibility index (Phi) is 5.78. The van der Waals surface area contributed by atoms with Gasteiger partial charge in [0.2, 0.25) is 0 Å². The lowest BCUT2D eigenvalue weighted by molar-refractivity contribution is 0.561. The Morgan fingerprint density at radius 1 is 1.00 bits per heavy atom. The molecule has 1 rings (SSSR count). The van der Waals surface area contributed by atoms with Gasteiger partial charge in [-0.1, -0.05) is 51.0 Å². The maximum Gasteiger partial charge on any atom is 0.0474 e. The molecule has 0 unspecified atom stereocenters. The number of benzene rings is 1. The molecule has 0 heterocycles. The van der Waals surface area contributed by atoms with Crippen molar-refractivity contribution < 1.29 is 0 Å². The lowest BCUT2D eigenvalue weighted by Crippen LogP contribution is -1.98. The summed E-state index contributed by atoms with van der Waals surface area (Å²) in [5, 5.41) is 0. The fourth-order valence-corrected chi connectivity index (χ4v) is 2.23. The van der Waals surface area contributed by atoms with Gasteiger partial charge in [-0.05, 0) is 29.9 Å². The van der Waals surface area contributed by atoms with E-state index < -0.39 is 0 Å². The summed E-state index contributed by atoms with van der Waals surface area (Å²) in [4.78, 5) is 0. The first-order valence-electron chi connectivity index (χ1n) is 5.96. The molecule has 1 heteroatoms. The summed E-state index contributed by atoms with van der Waals surface area (Å²) in [5.41, 5.74) is 2.69. The highest BCUT2D eigenvalue weighted by molar-refractivity contribution is 6.17. The lowest BCUT2D eigenvalue weighted by Gasteiger charge is -2.15. The second-order valence-electron chi connectivity index (χ2n) is 4.15. The van der Waals surface area contributed by atoms with Gasteiger partial charge in [-0.3, -0.25) is 0 Å². The van der Waals surface area contributed by atoms with E-state index in [0.29, 0.717) is 5.88 Å². The van der Waals surface area contributed by atoms with Crippen molar-refractivity contribution in [1.82, 2.24) is 0 Å². The van der Waals surface area contributed by atoms with Crippen LogP contribution >= 0.6 is 11.6 Å². The first-order chi connectivity index (χ1) is 7.31. The second-order valence-corrected chi connectivity index (χ2v) is 4.42. The molecule has 0 nitrogen and oxygen atoms in total. The van der Waals surface area contributed by atoms with Crippen molar-refractivity contribution in [3.63, 3.8) is 0 Å². The molecule has 15 heavy (non-hydrogen) atoms. The molecule has 0 N–H and O–H groups in total. The molecule has 0 amide bonds. The van der Waals surface area contributed by atoms with Crippen molar-refractivity contribution in [1.29, 1.82) is 0 Å². The third kappa shape index (κ3) is 3.87. The summed E-state index contributed by atoms with van der Waals surface area (Å²) < 4.78 is 0. The zero-order valence-electron chi connectivity index (χ0n) is 9.80. The minimum atomic E-state index is 0.618. The molecule has 0 spiro atoms. The van der Waals surface area contributed by atoms with Crippen LogP contribution in [0, 0.1) is 0 Å². The van der Waals surface area contributed by atoms with E-state index in [4.69, 9.17) is 11.6 Å².